The monoisotopic (exact) mass is 357 g/mol. The average Bonchev–Trinajstić information content (AvgIpc) is 3.22. The van der Waals surface area contributed by atoms with Gasteiger partial charge in [-0.2, -0.15) is 11.3 Å². The standard InChI is InChI=1S/C18H23N5OS/c24-17(19-9-15-10-23(22-21-15)16-1-2-25-11-16)20-18-6-12-3-13(7-18)5-14(4-12)8-18/h1-2,10-14H,3-9H2,(H2,19,20,24). The van der Waals surface area contributed by atoms with Gasteiger partial charge in [0.1, 0.15) is 5.69 Å². The fourth-order valence-electron chi connectivity index (χ4n) is 5.61. The van der Waals surface area contributed by atoms with E-state index < -0.39 is 0 Å². The lowest BCUT2D eigenvalue weighted by Crippen LogP contribution is -2.61. The Labute approximate surface area is 151 Å². The summed E-state index contributed by atoms with van der Waals surface area (Å²) in [4.78, 5) is 12.5. The average molecular weight is 357 g/mol. The fraction of sp³-hybridized carbons (Fsp3) is 0.611. The van der Waals surface area contributed by atoms with Crippen LogP contribution in [0.25, 0.3) is 5.69 Å². The largest absolute Gasteiger partial charge is 0.333 e. The molecule has 0 aromatic carbocycles. The third kappa shape index (κ3) is 2.94. The van der Waals surface area contributed by atoms with Gasteiger partial charge < -0.3 is 10.6 Å². The van der Waals surface area contributed by atoms with Crippen LogP contribution >= 0.6 is 11.3 Å². The van der Waals surface area contributed by atoms with Gasteiger partial charge in [-0.05, 0) is 67.7 Å². The van der Waals surface area contributed by atoms with Crippen LogP contribution in [0.4, 0.5) is 4.79 Å². The Kier molecular flexibility index (Phi) is 3.58. The number of amides is 2. The first-order valence-corrected chi connectivity index (χ1v) is 10.1. The molecule has 4 bridgehead atoms. The van der Waals surface area contributed by atoms with Crippen molar-refractivity contribution in [1.29, 1.82) is 0 Å². The van der Waals surface area contributed by atoms with Gasteiger partial charge in [0.2, 0.25) is 0 Å². The molecular weight excluding hydrogens is 334 g/mol. The van der Waals surface area contributed by atoms with E-state index in [1.807, 2.05) is 23.0 Å². The molecule has 2 aromatic heterocycles. The van der Waals surface area contributed by atoms with Gasteiger partial charge in [0.15, 0.2) is 0 Å². The maximum atomic E-state index is 12.5. The maximum absolute atomic E-state index is 12.5. The summed E-state index contributed by atoms with van der Waals surface area (Å²) in [6.45, 7) is 0.405. The van der Waals surface area contributed by atoms with Crippen molar-refractivity contribution in [3.8, 4) is 5.69 Å². The summed E-state index contributed by atoms with van der Waals surface area (Å²) in [5.74, 6) is 2.49. The second-order valence-corrected chi connectivity index (χ2v) is 8.92. The minimum atomic E-state index is -0.0629. The van der Waals surface area contributed by atoms with Crippen LogP contribution < -0.4 is 10.6 Å². The molecule has 4 aliphatic carbocycles. The van der Waals surface area contributed by atoms with Gasteiger partial charge in [0, 0.05) is 10.9 Å². The first-order chi connectivity index (χ1) is 12.2. The van der Waals surface area contributed by atoms with Crippen LogP contribution in [-0.4, -0.2) is 26.6 Å². The van der Waals surface area contributed by atoms with Crippen LogP contribution in [0.2, 0.25) is 0 Å². The van der Waals surface area contributed by atoms with Crippen LogP contribution in [0.1, 0.15) is 44.2 Å². The lowest BCUT2D eigenvalue weighted by Gasteiger charge is -2.56. The molecule has 4 aliphatic rings. The van der Waals surface area contributed by atoms with Gasteiger partial charge >= 0.3 is 6.03 Å². The van der Waals surface area contributed by atoms with Crippen molar-refractivity contribution >= 4 is 17.4 Å². The van der Waals surface area contributed by atoms with Crippen molar-refractivity contribution in [2.75, 3.05) is 0 Å². The highest BCUT2D eigenvalue weighted by molar-refractivity contribution is 7.08. The molecule has 0 aliphatic heterocycles. The lowest BCUT2D eigenvalue weighted by molar-refractivity contribution is -0.0135. The number of aromatic nitrogens is 3. The van der Waals surface area contributed by atoms with Crippen LogP contribution in [0.3, 0.4) is 0 Å². The number of urea groups is 1. The summed E-state index contributed by atoms with van der Waals surface area (Å²) >= 11 is 1.62. The number of carbonyl (C=O) groups excluding carboxylic acids is 1. The summed E-state index contributed by atoms with van der Waals surface area (Å²) in [5.41, 5.74) is 1.82. The van der Waals surface area contributed by atoms with E-state index in [0.29, 0.717) is 6.54 Å². The molecule has 25 heavy (non-hydrogen) atoms. The molecular formula is C18H23N5OS. The molecule has 7 heteroatoms. The highest BCUT2D eigenvalue weighted by atomic mass is 32.1. The maximum Gasteiger partial charge on any atom is 0.315 e. The van der Waals surface area contributed by atoms with Crippen LogP contribution in [0.5, 0.6) is 0 Å². The molecule has 0 atom stereocenters. The Morgan fingerprint density at radius 3 is 2.60 bits per heavy atom. The molecule has 2 aromatic rings. The summed E-state index contributed by atoms with van der Waals surface area (Å²) in [7, 11) is 0. The van der Waals surface area contributed by atoms with Gasteiger partial charge in [0.25, 0.3) is 0 Å². The van der Waals surface area contributed by atoms with Crippen molar-refractivity contribution in [2.45, 2.75) is 50.6 Å². The molecule has 132 valence electrons. The van der Waals surface area contributed by atoms with Gasteiger partial charge in [-0.15, -0.1) is 5.10 Å². The molecule has 4 fully saturated rings. The minimum Gasteiger partial charge on any atom is -0.333 e. The molecule has 6 nitrogen and oxygen atoms in total. The van der Waals surface area contributed by atoms with E-state index in [0.717, 1.165) is 29.1 Å². The molecule has 0 unspecified atom stereocenters. The van der Waals surface area contributed by atoms with Crippen molar-refractivity contribution in [3.63, 3.8) is 0 Å². The zero-order chi connectivity index (χ0) is 16.9. The van der Waals surface area contributed by atoms with E-state index in [-0.39, 0.29) is 11.6 Å². The van der Waals surface area contributed by atoms with Crippen molar-refractivity contribution < 1.29 is 4.79 Å². The third-order valence-corrected chi connectivity index (χ3v) is 6.83. The molecule has 0 spiro atoms. The second kappa shape index (κ2) is 5.83. The van der Waals surface area contributed by atoms with Crippen molar-refractivity contribution in [3.05, 3.63) is 28.7 Å². The lowest BCUT2D eigenvalue weighted by atomic mass is 9.53. The summed E-state index contributed by atoms with van der Waals surface area (Å²) in [6, 6.07) is 1.93. The summed E-state index contributed by atoms with van der Waals surface area (Å²) in [5, 5.41) is 18.6. The normalized spacial score (nSPS) is 32.7. The van der Waals surface area contributed by atoms with Crippen LogP contribution in [0, 0.1) is 17.8 Å². The molecule has 0 radical (unpaired) electrons. The number of hydrogen-bond acceptors (Lipinski definition) is 4. The summed E-state index contributed by atoms with van der Waals surface area (Å²) in [6.07, 6.45) is 9.52. The van der Waals surface area contributed by atoms with E-state index in [1.165, 1.54) is 38.5 Å². The first-order valence-electron chi connectivity index (χ1n) is 9.17. The Morgan fingerprint density at radius 1 is 1.24 bits per heavy atom. The molecule has 2 amide bonds. The SMILES string of the molecule is O=C(NCc1cn(-c2ccsc2)nn1)NC12CC3CC(CC(C3)C1)C2. The second-order valence-electron chi connectivity index (χ2n) is 8.14. The Bertz CT molecular complexity index is 733. The smallest absolute Gasteiger partial charge is 0.315 e. The molecule has 2 N–H and O–H groups in total. The van der Waals surface area contributed by atoms with E-state index in [9.17, 15) is 4.79 Å². The number of hydrogen-bond donors (Lipinski definition) is 2. The van der Waals surface area contributed by atoms with Gasteiger partial charge in [-0.3, -0.25) is 0 Å². The Morgan fingerprint density at radius 2 is 1.96 bits per heavy atom. The van der Waals surface area contributed by atoms with E-state index in [1.54, 1.807) is 16.0 Å². The number of carbonyl (C=O) groups is 1. The first kappa shape index (κ1) is 15.4. The van der Waals surface area contributed by atoms with E-state index >= 15 is 0 Å². The Hall–Kier alpha value is -1.89. The molecule has 0 saturated heterocycles. The number of rotatable bonds is 4. The highest BCUT2D eigenvalue weighted by Gasteiger charge is 2.51. The zero-order valence-electron chi connectivity index (χ0n) is 14.1. The zero-order valence-corrected chi connectivity index (χ0v) is 15.0. The summed E-state index contributed by atoms with van der Waals surface area (Å²) < 4.78 is 1.74. The van der Waals surface area contributed by atoms with E-state index in [2.05, 4.69) is 20.9 Å². The number of thiophene rings is 1. The van der Waals surface area contributed by atoms with Gasteiger partial charge in [-0.25, -0.2) is 9.48 Å². The molecule has 4 saturated carbocycles. The fourth-order valence-corrected chi connectivity index (χ4v) is 6.24. The molecule has 6 rings (SSSR count). The number of nitrogens with zero attached hydrogens (tertiary/aromatic N) is 3. The highest BCUT2D eigenvalue weighted by Crippen LogP contribution is 2.55. The third-order valence-electron chi connectivity index (χ3n) is 6.16. The van der Waals surface area contributed by atoms with Crippen LogP contribution in [0.15, 0.2) is 23.0 Å². The Balaban J connectivity index is 1.19. The predicted molar refractivity (Wildman–Crippen MR) is 95.5 cm³/mol. The quantitative estimate of drug-likeness (QED) is 0.883. The van der Waals surface area contributed by atoms with Crippen LogP contribution in [-0.2, 0) is 6.54 Å². The topological polar surface area (TPSA) is 71.8 Å². The molecule has 2 heterocycles. The predicted octanol–water partition coefficient (Wildman–Crippen LogP) is 3.10. The number of nitrogens with one attached hydrogen (secondary N) is 2. The van der Waals surface area contributed by atoms with Crippen molar-refractivity contribution in [2.24, 2.45) is 17.8 Å². The minimum absolute atomic E-state index is 0.0487. The van der Waals surface area contributed by atoms with Gasteiger partial charge in [-0.1, -0.05) is 5.21 Å². The van der Waals surface area contributed by atoms with Gasteiger partial charge in [0.05, 0.1) is 18.4 Å². The van der Waals surface area contributed by atoms with Crippen molar-refractivity contribution in [1.82, 2.24) is 25.6 Å². The van der Waals surface area contributed by atoms with E-state index in [4.69, 9.17) is 0 Å².